The number of carbonyl (C=O) groups is 1. The summed E-state index contributed by atoms with van der Waals surface area (Å²) >= 11 is 0. The second-order valence-corrected chi connectivity index (χ2v) is 6.43. The van der Waals surface area contributed by atoms with Crippen LogP contribution in [-0.4, -0.2) is 20.5 Å². The molecule has 0 radical (unpaired) electrons. The van der Waals surface area contributed by atoms with Crippen molar-refractivity contribution in [3.8, 4) is 0 Å². The van der Waals surface area contributed by atoms with Crippen molar-refractivity contribution in [2.75, 3.05) is 5.32 Å². The quantitative estimate of drug-likeness (QED) is 0.937. The van der Waals surface area contributed by atoms with Gasteiger partial charge < -0.3 is 5.32 Å². The topological polar surface area (TPSA) is 59.3 Å². The Labute approximate surface area is 131 Å². The molecule has 5 heteroatoms. The zero-order valence-electron chi connectivity index (χ0n) is 13.4. The highest BCUT2D eigenvalue weighted by atomic mass is 16.1. The van der Waals surface area contributed by atoms with Gasteiger partial charge >= 0.3 is 0 Å². The molecule has 0 aromatic carbocycles. The average molecular weight is 300 g/mol. The van der Waals surface area contributed by atoms with Crippen LogP contribution in [0.3, 0.4) is 0 Å². The summed E-state index contributed by atoms with van der Waals surface area (Å²) in [5.41, 5.74) is 2.66. The summed E-state index contributed by atoms with van der Waals surface area (Å²) < 4.78 is 1.74. The number of nitrogens with one attached hydrogen (secondary N) is 1. The third kappa shape index (κ3) is 3.46. The van der Waals surface area contributed by atoms with Crippen LogP contribution in [0.4, 0.5) is 5.69 Å². The van der Waals surface area contributed by atoms with Crippen molar-refractivity contribution in [3.63, 3.8) is 0 Å². The van der Waals surface area contributed by atoms with Gasteiger partial charge in [0.1, 0.15) is 5.82 Å². The first-order chi connectivity index (χ1) is 10.6. The molecule has 0 unspecified atom stereocenters. The molecular weight excluding hydrogens is 276 g/mol. The molecular formula is C17H24N4O. The smallest absolute Gasteiger partial charge is 0.224 e. The van der Waals surface area contributed by atoms with Gasteiger partial charge in [0.15, 0.2) is 5.65 Å². The van der Waals surface area contributed by atoms with Crippen LogP contribution in [0.2, 0.25) is 0 Å². The molecule has 1 aliphatic carbocycles. The summed E-state index contributed by atoms with van der Waals surface area (Å²) in [6, 6.07) is 1.96. The molecule has 0 aliphatic heterocycles. The van der Waals surface area contributed by atoms with E-state index in [-0.39, 0.29) is 5.91 Å². The average Bonchev–Trinajstić information content (AvgIpc) is 2.87. The minimum absolute atomic E-state index is 0.0983. The maximum Gasteiger partial charge on any atom is 0.224 e. The molecule has 0 atom stereocenters. The van der Waals surface area contributed by atoms with Crippen LogP contribution >= 0.6 is 0 Å². The number of hydrogen-bond acceptors (Lipinski definition) is 3. The lowest BCUT2D eigenvalue weighted by molar-refractivity contribution is -0.116. The van der Waals surface area contributed by atoms with E-state index in [2.05, 4.69) is 15.4 Å². The summed E-state index contributed by atoms with van der Waals surface area (Å²) in [6.45, 7) is 3.86. The first-order valence-electron chi connectivity index (χ1n) is 8.25. The minimum atomic E-state index is 0.0983. The number of rotatable bonds is 4. The molecule has 2 heterocycles. The number of carbonyl (C=O) groups excluding carboxylic acids is 1. The van der Waals surface area contributed by atoms with E-state index in [0.29, 0.717) is 6.42 Å². The standard InChI is InChI=1S/C17H24N4O/c1-12-10-15(11-21-17(12)18-13(2)20-21)19-16(22)9-8-14-6-4-3-5-7-14/h10-11,14H,3-9H2,1-2H3,(H,19,22). The van der Waals surface area contributed by atoms with Crippen LogP contribution < -0.4 is 5.32 Å². The second kappa shape index (κ2) is 6.46. The molecule has 3 rings (SSSR count). The molecule has 1 aliphatic rings. The Bertz CT molecular complexity index is 671. The van der Waals surface area contributed by atoms with Gasteiger partial charge in [0, 0.05) is 6.42 Å². The number of fused-ring (bicyclic) bond motifs is 1. The Balaban J connectivity index is 1.61. The number of nitrogens with zero attached hydrogens (tertiary/aromatic N) is 3. The van der Waals surface area contributed by atoms with E-state index >= 15 is 0 Å². The van der Waals surface area contributed by atoms with Crippen molar-refractivity contribution in [1.29, 1.82) is 0 Å². The number of hydrogen-bond donors (Lipinski definition) is 1. The molecule has 118 valence electrons. The lowest BCUT2D eigenvalue weighted by Crippen LogP contribution is -2.15. The van der Waals surface area contributed by atoms with Gasteiger partial charge in [-0.05, 0) is 37.8 Å². The Hall–Kier alpha value is -1.91. The molecule has 1 N–H and O–H groups in total. The number of amides is 1. The van der Waals surface area contributed by atoms with Crippen molar-refractivity contribution in [2.24, 2.45) is 5.92 Å². The van der Waals surface area contributed by atoms with Gasteiger partial charge in [0.2, 0.25) is 5.91 Å². The van der Waals surface area contributed by atoms with Crippen LogP contribution in [-0.2, 0) is 4.79 Å². The molecule has 0 spiro atoms. The molecule has 1 saturated carbocycles. The molecule has 1 fully saturated rings. The second-order valence-electron chi connectivity index (χ2n) is 6.43. The zero-order chi connectivity index (χ0) is 15.5. The molecule has 0 bridgehead atoms. The third-order valence-electron chi connectivity index (χ3n) is 4.51. The number of pyridine rings is 1. The fraction of sp³-hybridized carbons (Fsp3) is 0.588. The van der Waals surface area contributed by atoms with E-state index in [1.54, 1.807) is 4.52 Å². The van der Waals surface area contributed by atoms with Gasteiger partial charge in [-0.2, -0.15) is 5.10 Å². The predicted octanol–water partition coefficient (Wildman–Crippen LogP) is 3.65. The van der Waals surface area contributed by atoms with Crippen LogP contribution in [0.25, 0.3) is 5.65 Å². The lowest BCUT2D eigenvalue weighted by Gasteiger charge is -2.21. The Morgan fingerprint density at radius 3 is 2.86 bits per heavy atom. The van der Waals surface area contributed by atoms with E-state index in [0.717, 1.165) is 35.1 Å². The summed E-state index contributed by atoms with van der Waals surface area (Å²) in [6.07, 6.45) is 10.0. The summed E-state index contributed by atoms with van der Waals surface area (Å²) in [4.78, 5) is 16.5. The first-order valence-corrected chi connectivity index (χ1v) is 8.25. The highest BCUT2D eigenvalue weighted by Crippen LogP contribution is 2.27. The molecule has 1 amide bonds. The fourth-order valence-corrected chi connectivity index (χ4v) is 3.36. The van der Waals surface area contributed by atoms with E-state index in [1.165, 1.54) is 32.1 Å². The maximum atomic E-state index is 12.2. The van der Waals surface area contributed by atoms with Crippen LogP contribution in [0.15, 0.2) is 12.3 Å². The van der Waals surface area contributed by atoms with Gasteiger partial charge in [-0.1, -0.05) is 32.1 Å². The van der Waals surface area contributed by atoms with Crippen molar-refractivity contribution in [2.45, 2.75) is 58.8 Å². The summed E-state index contributed by atoms with van der Waals surface area (Å²) in [7, 11) is 0. The third-order valence-corrected chi connectivity index (χ3v) is 4.51. The Morgan fingerprint density at radius 2 is 2.09 bits per heavy atom. The van der Waals surface area contributed by atoms with E-state index in [4.69, 9.17) is 0 Å². The highest BCUT2D eigenvalue weighted by Gasteiger charge is 2.15. The van der Waals surface area contributed by atoms with Crippen molar-refractivity contribution in [3.05, 3.63) is 23.7 Å². The highest BCUT2D eigenvalue weighted by molar-refractivity contribution is 5.90. The van der Waals surface area contributed by atoms with Crippen LogP contribution in [0, 0.1) is 19.8 Å². The largest absolute Gasteiger partial charge is 0.325 e. The lowest BCUT2D eigenvalue weighted by atomic mass is 9.86. The number of aryl methyl sites for hydroxylation is 2. The number of anilines is 1. The minimum Gasteiger partial charge on any atom is -0.325 e. The van der Waals surface area contributed by atoms with Gasteiger partial charge in [-0.3, -0.25) is 4.79 Å². The molecule has 2 aromatic rings. The molecule has 0 saturated heterocycles. The molecule has 22 heavy (non-hydrogen) atoms. The number of aromatic nitrogens is 3. The van der Waals surface area contributed by atoms with Gasteiger partial charge in [-0.25, -0.2) is 9.50 Å². The predicted molar refractivity (Wildman–Crippen MR) is 86.9 cm³/mol. The van der Waals surface area contributed by atoms with E-state index in [9.17, 15) is 4.79 Å². The van der Waals surface area contributed by atoms with Gasteiger partial charge in [0.05, 0.1) is 11.9 Å². The zero-order valence-corrected chi connectivity index (χ0v) is 13.4. The normalized spacial score (nSPS) is 16.1. The Kier molecular flexibility index (Phi) is 4.41. The SMILES string of the molecule is Cc1nc2c(C)cc(NC(=O)CCC3CCCCC3)cn2n1. The fourth-order valence-electron chi connectivity index (χ4n) is 3.36. The maximum absolute atomic E-state index is 12.2. The summed E-state index contributed by atoms with van der Waals surface area (Å²) in [5.74, 6) is 1.58. The molecule has 5 nitrogen and oxygen atoms in total. The van der Waals surface area contributed by atoms with Gasteiger partial charge in [-0.15, -0.1) is 0 Å². The first kappa shape index (κ1) is 15.0. The Morgan fingerprint density at radius 1 is 1.32 bits per heavy atom. The van der Waals surface area contributed by atoms with Crippen molar-refractivity contribution >= 4 is 17.2 Å². The van der Waals surface area contributed by atoms with Crippen molar-refractivity contribution in [1.82, 2.24) is 14.6 Å². The monoisotopic (exact) mass is 300 g/mol. The van der Waals surface area contributed by atoms with Crippen LogP contribution in [0.1, 0.15) is 56.3 Å². The van der Waals surface area contributed by atoms with E-state index in [1.807, 2.05) is 26.1 Å². The summed E-state index contributed by atoms with van der Waals surface area (Å²) in [5, 5.41) is 7.31. The van der Waals surface area contributed by atoms with E-state index < -0.39 is 0 Å². The molecule has 2 aromatic heterocycles. The van der Waals surface area contributed by atoms with Gasteiger partial charge in [0.25, 0.3) is 0 Å². The van der Waals surface area contributed by atoms with Crippen molar-refractivity contribution < 1.29 is 4.79 Å². The van der Waals surface area contributed by atoms with Crippen LogP contribution in [0.5, 0.6) is 0 Å².